The van der Waals surface area contributed by atoms with Gasteiger partial charge in [0, 0.05) is 11.4 Å². The maximum atomic E-state index is 12.3. The van der Waals surface area contributed by atoms with Crippen LogP contribution in [0.15, 0.2) is 30.3 Å². The van der Waals surface area contributed by atoms with E-state index < -0.39 is 0 Å². The molecule has 1 aliphatic carbocycles. The zero-order chi connectivity index (χ0) is 15.5. The molecule has 116 valence electrons. The van der Waals surface area contributed by atoms with Crippen LogP contribution < -0.4 is 10.1 Å². The number of ether oxygens (including phenoxy) is 1. The third-order valence-corrected chi connectivity index (χ3v) is 5.38. The van der Waals surface area contributed by atoms with Crippen LogP contribution >= 0.6 is 11.3 Å². The molecule has 1 aromatic carbocycles. The van der Waals surface area contributed by atoms with Crippen LogP contribution in [-0.2, 0) is 19.4 Å². The second-order valence-corrected chi connectivity index (χ2v) is 7.08. The summed E-state index contributed by atoms with van der Waals surface area (Å²) in [5.74, 6) is 1.57. The summed E-state index contributed by atoms with van der Waals surface area (Å²) >= 11 is 1.65. The van der Waals surface area contributed by atoms with Gasteiger partial charge in [0.15, 0.2) is 0 Å². The Labute approximate surface area is 135 Å². The maximum absolute atomic E-state index is 12.3. The van der Waals surface area contributed by atoms with Gasteiger partial charge in [-0.2, -0.15) is 0 Å². The fourth-order valence-corrected chi connectivity index (χ4v) is 3.99. The molecule has 0 radical (unpaired) electrons. The summed E-state index contributed by atoms with van der Waals surface area (Å²) in [6.07, 6.45) is 3.46. The van der Waals surface area contributed by atoms with E-state index in [0.717, 1.165) is 34.9 Å². The average molecular weight is 315 g/mol. The quantitative estimate of drug-likeness (QED) is 0.931. The van der Waals surface area contributed by atoms with E-state index in [0.29, 0.717) is 6.54 Å². The zero-order valence-electron chi connectivity index (χ0n) is 13.0. The Hall–Kier alpha value is -1.81. The number of carbonyl (C=O) groups excluding carboxylic acids is 1. The van der Waals surface area contributed by atoms with Crippen molar-refractivity contribution in [3.05, 3.63) is 51.2 Å². The highest BCUT2D eigenvalue weighted by atomic mass is 32.1. The lowest BCUT2D eigenvalue weighted by molar-refractivity contribution is 0.0955. The maximum Gasteiger partial charge on any atom is 0.261 e. The molecule has 4 heteroatoms. The average Bonchev–Trinajstić information content (AvgIpc) is 2.96. The summed E-state index contributed by atoms with van der Waals surface area (Å²) < 4.78 is 5.20. The van der Waals surface area contributed by atoms with Gasteiger partial charge < -0.3 is 10.1 Å². The first kappa shape index (κ1) is 15.1. The number of hydrogen-bond acceptors (Lipinski definition) is 3. The summed E-state index contributed by atoms with van der Waals surface area (Å²) in [5.41, 5.74) is 2.41. The minimum absolute atomic E-state index is 0.0230. The van der Waals surface area contributed by atoms with Crippen LogP contribution in [-0.4, -0.2) is 13.0 Å². The molecule has 1 amide bonds. The first-order valence-corrected chi connectivity index (χ1v) is 8.50. The van der Waals surface area contributed by atoms with Crippen LogP contribution in [0.4, 0.5) is 0 Å². The summed E-state index contributed by atoms with van der Waals surface area (Å²) in [5, 5.41) is 3.00. The van der Waals surface area contributed by atoms with Crippen LogP contribution in [0.25, 0.3) is 0 Å². The Morgan fingerprint density at radius 2 is 2.27 bits per heavy atom. The van der Waals surface area contributed by atoms with E-state index >= 15 is 0 Å². The van der Waals surface area contributed by atoms with Gasteiger partial charge in [0.2, 0.25) is 0 Å². The third kappa shape index (κ3) is 3.33. The van der Waals surface area contributed by atoms with Crippen molar-refractivity contribution in [2.45, 2.75) is 32.7 Å². The third-order valence-electron chi connectivity index (χ3n) is 4.14. The highest BCUT2D eigenvalue weighted by molar-refractivity contribution is 7.14. The van der Waals surface area contributed by atoms with E-state index in [4.69, 9.17) is 4.74 Å². The van der Waals surface area contributed by atoms with Gasteiger partial charge in [0.1, 0.15) is 5.75 Å². The minimum atomic E-state index is 0.0230. The second kappa shape index (κ2) is 6.53. The van der Waals surface area contributed by atoms with Gasteiger partial charge in [-0.05, 0) is 54.5 Å². The van der Waals surface area contributed by atoms with Crippen molar-refractivity contribution in [2.24, 2.45) is 5.92 Å². The lowest BCUT2D eigenvalue weighted by atomic mass is 9.90. The zero-order valence-corrected chi connectivity index (χ0v) is 13.8. The van der Waals surface area contributed by atoms with Crippen molar-refractivity contribution in [1.82, 2.24) is 5.32 Å². The smallest absolute Gasteiger partial charge is 0.261 e. The predicted molar refractivity (Wildman–Crippen MR) is 89.7 cm³/mol. The number of carbonyl (C=O) groups is 1. The molecule has 0 saturated carbocycles. The summed E-state index contributed by atoms with van der Waals surface area (Å²) in [4.78, 5) is 14.6. The van der Waals surface area contributed by atoms with Crippen LogP contribution in [0, 0.1) is 5.92 Å². The molecule has 0 spiro atoms. The van der Waals surface area contributed by atoms with Gasteiger partial charge in [-0.15, -0.1) is 11.3 Å². The van der Waals surface area contributed by atoms with Crippen LogP contribution in [0.3, 0.4) is 0 Å². The summed E-state index contributed by atoms with van der Waals surface area (Å²) in [6, 6.07) is 9.85. The van der Waals surface area contributed by atoms with E-state index in [1.165, 1.54) is 16.9 Å². The SMILES string of the molecule is COc1cccc(CNC(=O)c2cc3c(s2)CC[C@H](C)C3)c1. The lowest BCUT2D eigenvalue weighted by Crippen LogP contribution is -2.21. The Morgan fingerprint density at radius 1 is 1.41 bits per heavy atom. The van der Waals surface area contributed by atoms with Crippen LogP contribution in [0.2, 0.25) is 0 Å². The molecule has 3 rings (SSSR count). The van der Waals surface area contributed by atoms with Gasteiger partial charge in [0.25, 0.3) is 5.91 Å². The normalized spacial score (nSPS) is 16.9. The highest BCUT2D eigenvalue weighted by Crippen LogP contribution is 2.32. The number of hydrogen-bond donors (Lipinski definition) is 1. The van der Waals surface area contributed by atoms with Crippen molar-refractivity contribution in [1.29, 1.82) is 0 Å². The van der Waals surface area contributed by atoms with Gasteiger partial charge in [-0.25, -0.2) is 0 Å². The second-order valence-electron chi connectivity index (χ2n) is 5.94. The topological polar surface area (TPSA) is 38.3 Å². The number of rotatable bonds is 4. The van der Waals surface area contributed by atoms with E-state index in [-0.39, 0.29) is 5.91 Å². The Morgan fingerprint density at radius 3 is 3.09 bits per heavy atom. The lowest BCUT2D eigenvalue weighted by Gasteiger charge is -2.16. The van der Waals surface area contributed by atoms with Gasteiger partial charge in [-0.1, -0.05) is 19.1 Å². The Balaban J connectivity index is 1.65. The van der Waals surface area contributed by atoms with E-state index in [9.17, 15) is 4.79 Å². The van der Waals surface area contributed by atoms with Crippen molar-refractivity contribution < 1.29 is 9.53 Å². The fourth-order valence-electron chi connectivity index (χ4n) is 2.87. The first-order valence-electron chi connectivity index (χ1n) is 7.68. The Kier molecular flexibility index (Phi) is 4.48. The van der Waals surface area contributed by atoms with Gasteiger partial charge in [-0.3, -0.25) is 4.79 Å². The molecular weight excluding hydrogens is 294 g/mol. The molecule has 1 N–H and O–H groups in total. The predicted octanol–water partition coefficient (Wildman–Crippen LogP) is 3.81. The summed E-state index contributed by atoms with van der Waals surface area (Å²) in [6.45, 7) is 2.80. The molecule has 22 heavy (non-hydrogen) atoms. The molecule has 0 bridgehead atoms. The molecule has 2 aromatic rings. The standard InChI is InChI=1S/C18H21NO2S/c1-12-6-7-16-14(8-12)10-17(22-16)18(20)19-11-13-4-3-5-15(9-13)21-2/h3-5,9-10,12H,6-8,11H2,1-2H3,(H,19,20)/t12-/m0/s1. The molecule has 0 aliphatic heterocycles. The van der Waals surface area contributed by atoms with Crippen molar-refractivity contribution in [3.63, 3.8) is 0 Å². The molecule has 0 saturated heterocycles. The Bertz CT molecular complexity index is 677. The molecular formula is C18H21NO2S. The molecule has 1 atom stereocenters. The number of thiophene rings is 1. The van der Waals surface area contributed by atoms with Crippen molar-refractivity contribution in [3.8, 4) is 5.75 Å². The first-order chi connectivity index (χ1) is 10.7. The van der Waals surface area contributed by atoms with E-state index in [1.807, 2.05) is 24.3 Å². The molecule has 0 fully saturated rings. The fraction of sp³-hybridized carbons (Fsp3) is 0.389. The minimum Gasteiger partial charge on any atom is -0.497 e. The van der Waals surface area contributed by atoms with E-state index in [2.05, 4.69) is 18.3 Å². The molecule has 1 heterocycles. The number of amides is 1. The molecule has 3 nitrogen and oxygen atoms in total. The largest absolute Gasteiger partial charge is 0.497 e. The molecule has 1 aromatic heterocycles. The number of methoxy groups -OCH3 is 1. The van der Waals surface area contributed by atoms with Crippen molar-refractivity contribution in [2.75, 3.05) is 7.11 Å². The van der Waals surface area contributed by atoms with Gasteiger partial charge in [0.05, 0.1) is 12.0 Å². The van der Waals surface area contributed by atoms with Gasteiger partial charge >= 0.3 is 0 Å². The molecule has 1 aliphatic rings. The van der Waals surface area contributed by atoms with Crippen LogP contribution in [0.5, 0.6) is 5.75 Å². The number of nitrogens with one attached hydrogen (secondary N) is 1. The van der Waals surface area contributed by atoms with Crippen molar-refractivity contribution >= 4 is 17.2 Å². The number of aryl methyl sites for hydroxylation is 1. The summed E-state index contributed by atoms with van der Waals surface area (Å²) in [7, 11) is 1.65. The number of benzene rings is 1. The molecule has 0 unspecified atom stereocenters. The number of fused-ring (bicyclic) bond motifs is 1. The van der Waals surface area contributed by atoms with Crippen LogP contribution in [0.1, 0.15) is 39.0 Å². The van der Waals surface area contributed by atoms with E-state index in [1.54, 1.807) is 18.4 Å². The highest BCUT2D eigenvalue weighted by Gasteiger charge is 2.20. The monoisotopic (exact) mass is 315 g/mol.